The minimum atomic E-state index is 0.0557. The minimum absolute atomic E-state index is 0.0557. The highest BCUT2D eigenvalue weighted by molar-refractivity contribution is 9.10. The van der Waals surface area contributed by atoms with Crippen LogP contribution in [0.1, 0.15) is 43.1 Å². The highest BCUT2D eigenvalue weighted by Gasteiger charge is 2.23. The second kappa shape index (κ2) is 6.84. The quantitative estimate of drug-likeness (QED) is 0.903. The lowest BCUT2D eigenvalue weighted by molar-refractivity contribution is 0.0919. The summed E-state index contributed by atoms with van der Waals surface area (Å²) in [5.41, 5.74) is 0.751. The zero-order chi connectivity index (χ0) is 13.8. The van der Waals surface area contributed by atoms with Crippen LogP contribution in [0.3, 0.4) is 0 Å². The van der Waals surface area contributed by atoms with E-state index >= 15 is 0 Å². The molecule has 1 fully saturated rings. The third-order valence-electron chi connectivity index (χ3n) is 3.78. The van der Waals surface area contributed by atoms with E-state index in [1.54, 1.807) is 0 Å². The van der Waals surface area contributed by atoms with Gasteiger partial charge in [0, 0.05) is 28.5 Å². The van der Waals surface area contributed by atoms with Gasteiger partial charge < -0.3 is 9.88 Å². The SMILES string of the molecule is CCn1cc(Br)cc1C(=O)NC1CCC(SC)CC1. The predicted octanol–water partition coefficient (Wildman–Crippen LogP) is 3.67. The molecule has 1 saturated carbocycles. The largest absolute Gasteiger partial charge is 0.348 e. The van der Waals surface area contributed by atoms with Gasteiger partial charge in [-0.3, -0.25) is 4.79 Å². The van der Waals surface area contributed by atoms with Gasteiger partial charge in [-0.05, 0) is 60.9 Å². The fourth-order valence-corrected chi connectivity index (χ4v) is 3.84. The lowest BCUT2D eigenvalue weighted by Crippen LogP contribution is -2.38. The van der Waals surface area contributed by atoms with Gasteiger partial charge in [-0.2, -0.15) is 11.8 Å². The van der Waals surface area contributed by atoms with Gasteiger partial charge in [0.05, 0.1) is 0 Å². The van der Waals surface area contributed by atoms with E-state index < -0.39 is 0 Å². The van der Waals surface area contributed by atoms with Crippen LogP contribution in [-0.4, -0.2) is 28.0 Å². The number of carbonyl (C=O) groups is 1. The fourth-order valence-electron chi connectivity index (χ4n) is 2.63. The molecule has 1 aliphatic rings. The minimum Gasteiger partial charge on any atom is -0.348 e. The van der Waals surface area contributed by atoms with Crippen LogP contribution >= 0.6 is 27.7 Å². The Morgan fingerprint density at radius 3 is 2.74 bits per heavy atom. The number of rotatable bonds is 4. The number of aryl methyl sites for hydroxylation is 1. The predicted molar refractivity (Wildman–Crippen MR) is 84.8 cm³/mol. The van der Waals surface area contributed by atoms with Gasteiger partial charge in [-0.25, -0.2) is 0 Å². The van der Waals surface area contributed by atoms with Crippen molar-refractivity contribution in [3.05, 3.63) is 22.4 Å². The summed E-state index contributed by atoms with van der Waals surface area (Å²) >= 11 is 5.38. The van der Waals surface area contributed by atoms with E-state index in [2.05, 4.69) is 27.5 Å². The molecule has 1 aromatic heterocycles. The first-order valence-electron chi connectivity index (χ1n) is 6.83. The number of thioether (sulfide) groups is 1. The highest BCUT2D eigenvalue weighted by atomic mass is 79.9. The number of halogens is 1. The molecular weight excluding hydrogens is 324 g/mol. The first-order chi connectivity index (χ1) is 9.13. The molecule has 1 N–H and O–H groups in total. The average molecular weight is 345 g/mol. The summed E-state index contributed by atoms with van der Waals surface area (Å²) in [5, 5.41) is 3.96. The van der Waals surface area contributed by atoms with Crippen LogP contribution in [0.4, 0.5) is 0 Å². The van der Waals surface area contributed by atoms with Crippen LogP contribution in [0.15, 0.2) is 16.7 Å². The van der Waals surface area contributed by atoms with E-state index in [0.29, 0.717) is 6.04 Å². The van der Waals surface area contributed by atoms with E-state index in [9.17, 15) is 4.79 Å². The molecule has 0 unspecified atom stereocenters. The maximum atomic E-state index is 12.3. The van der Waals surface area contributed by atoms with Crippen LogP contribution in [-0.2, 0) is 6.54 Å². The Balaban J connectivity index is 1.94. The number of carbonyl (C=O) groups excluding carboxylic acids is 1. The molecule has 0 spiro atoms. The van der Waals surface area contributed by atoms with Gasteiger partial charge in [0.25, 0.3) is 5.91 Å². The highest BCUT2D eigenvalue weighted by Crippen LogP contribution is 2.27. The summed E-state index contributed by atoms with van der Waals surface area (Å²) in [6, 6.07) is 2.24. The smallest absolute Gasteiger partial charge is 0.268 e. The van der Waals surface area contributed by atoms with Crippen molar-refractivity contribution in [2.75, 3.05) is 6.26 Å². The van der Waals surface area contributed by atoms with Gasteiger partial charge in [0.1, 0.15) is 5.69 Å². The normalized spacial score (nSPS) is 23.3. The molecule has 106 valence electrons. The summed E-state index contributed by atoms with van der Waals surface area (Å²) in [6.07, 6.45) is 8.76. The zero-order valence-corrected chi connectivity index (χ0v) is 13.9. The molecule has 0 bridgehead atoms. The van der Waals surface area contributed by atoms with Gasteiger partial charge in [0.15, 0.2) is 0 Å². The number of nitrogens with zero attached hydrogens (tertiary/aromatic N) is 1. The number of hydrogen-bond donors (Lipinski definition) is 1. The van der Waals surface area contributed by atoms with Gasteiger partial charge in [-0.15, -0.1) is 0 Å². The first kappa shape index (κ1) is 15.0. The zero-order valence-electron chi connectivity index (χ0n) is 11.5. The second-order valence-electron chi connectivity index (χ2n) is 5.01. The monoisotopic (exact) mass is 344 g/mol. The van der Waals surface area contributed by atoms with Crippen molar-refractivity contribution >= 4 is 33.6 Å². The summed E-state index contributed by atoms with van der Waals surface area (Å²) in [6.45, 7) is 2.86. The van der Waals surface area contributed by atoms with Crippen molar-refractivity contribution in [2.24, 2.45) is 0 Å². The van der Waals surface area contributed by atoms with Crippen molar-refractivity contribution < 1.29 is 4.79 Å². The van der Waals surface area contributed by atoms with E-state index in [-0.39, 0.29) is 5.91 Å². The molecule has 19 heavy (non-hydrogen) atoms. The maximum Gasteiger partial charge on any atom is 0.268 e. The van der Waals surface area contributed by atoms with Crippen LogP contribution < -0.4 is 5.32 Å². The lowest BCUT2D eigenvalue weighted by Gasteiger charge is -2.28. The van der Waals surface area contributed by atoms with Gasteiger partial charge in [0.2, 0.25) is 0 Å². The Morgan fingerprint density at radius 2 is 2.16 bits per heavy atom. The Morgan fingerprint density at radius 1 is 1.47 bits per heavy atom. The van der Waals surface area contributed by atoms with Crippen molar-refractivity contribution in [1.29, 1.82) is 0 Å². The Labute approximate surface area is 127 Å². The fraction of sp³-hybridized carbons (Fsp3) is 0.643. The van der Waals surface area contributed by atoms with Crippen LogP contribution in [0.2, 0.25) is 0 Å². The number of hydrogen-bond acceptors (Lipinski definition) is 2. The van der Waals surface area contributed by atoms with Crippen molar-refractivity contribution in [1.82, 2.24) is 9.88 Å². The van der Waals surface area contributed by atoms with Crippen molar-refractivity contribution in [2.45, 2.75) is 50.4 Å². The summed E-state index contributed by atoms with van der Waals surface area (Å²) in [5.74, 6) is 0.0557. The van der Waals surface area contributed by atoms with Crippen molar-refractivity contribution in [3.8, 4) is 0 Å². The van der Waals surface area contributed by atoms with Gasteiger partial charge in [-0.1, -0.05) is 0 Å². The molecule has 1 heterocycles. The summed E-state index contributed by atoms with van der Waals surface area (Å²) < 4.78 is 2.94. The molecule has 0 aromatic carbocycles. The third kappa shape index (κ3) is 3.78. The Hall–Kier alpha value is -0.420. The summed E-state index contributed by atoms with van der Waals surface area (Å²) in [4.78, 5) is 12.3. The second-order valence-corrected chi connectivity index (χ2v) is 7.07. The van der Waals surface area contributed by atoms with E-state index in [1.807, 2.05) is 35.5 Å². The van der Waals surface area contributed by atoms with Crippen LogP contribution in [0.25, 0.3) is 0 Å². The molecule has 5 heteroatoms. The van der Waals surface area contributed by atoms with E-state index in [4.69, 9.17) is 0 Å². The molecule has 1 aromatic rings. The third-order valence-corrected chi connectivity index (χ3v) is 5.35. The van der Waals surface area contributed by atoms with E-state index in [1.165, 1.54) is 12.8 Å². The maximum absolute atomic E-state index is 12.3. The Bertz CT molecular complexity index is 439. The Kier molecular flexibility index (Phi) is 5.39. The standard InChI is InChI=1S/C14H21BrN2OS/c1-3-17-9-10(15)8-13(17)14(18)16-11-4-6-12(19-2)7-5-11/h8-9,11-12H,3-7H2,1-2H3,(H,16,18). The van der Waals surface area contributed by atoms with E-state index in [0.717, 1.165) is 34.8 Å². The average Bonchev–Trinajstić information content (AvgIpc) is 2.81. The number of nitrogens with one attached hydrogen (secondary N) is 1. The molecular formula is C14H21BrN2OS. The molecule has 0 atom stereocenters. The number of amides is 1. The first-order valence-corrected chi connectivity index (χ1v) is 8.91. The molecule has 3 nitrogen and oxygen atoms in total. The molecule has 1 aliphatic carbocycles. The molecule has 1 amide bonds. The molecule has 2 rings (SSSR count). The summed E-state index contributed by atoms with van der Waals surface area (Å²) in [7, 11) is 0. The van der Waals surface area contributed by atoms with Gasteiger partial charge >= 0.3 is 0 Å². The molecule has 0 saturated heterocycles. The van der Waals surface area contributed by atoms with Crippen molar-refractivity contribution in [3.63, 3.8) is 0 Å². The van der Waals surface area contributed by atoms with Crippen LogP contribution in [0.5, 0.6) is 0 Å². The van der Waals surface area contributed by atoms with Crippen LogP contribution in [0, 0.1) is 0 Å². The molecule has 0 radical (unpaired) electrons. The topological polar surface area (TPSA) is 34.0 Å². The molecule has 0 aliphatic heterocycles. The lowest BCUT2D eigenvalue weighted by atomic mass is 9.95. The number of aromatic nitrogens is 1.